The fraction of sp³-hybridized carbons (Fsp3) is 0.0769. The lowest BCUT2D eigenvalue weighted by Gasteiger charge is -2.02. The number of aromatic nitrogens is 3. The Balaban J connectivity index is 2.18. The van der Waals surface area contributed by atoms with E-state index in [2.05, 4.69) is 10.1 Å². The molecule has 0 amide bonds. The molecule has 84 valence electrons. The van der Waals surface area contributed by atoms with Crippen molar-refractivity contribution in [3.05, 3.63) is 54.4 Å². The molecule has 17 heavy (non-hydrogen) atoms. The lowest BCUT2D eigenvalue weighted by atomic mass is 10.1. The molecule has 0 atom stereocenters. The van der Waals surface area contributed by atoms with Crippen molar-refractivity contribution < 1.29 is 4.39 Å². The Morgan fingerprint density at radius 2 is 2.06 bits per heavy atom. The largest absolute Gasteiger partial charge is 0.240 e. The molecule has 0 aliphatic carbocycles. The van der Waals surface area contributed by atoms with Gasteiger partial charge in [0.25, 0.3) is 0 Å². The van der Waals surface area contributed by atoms with Crippen molar-refractivity contribution in [2.75, 3.05) is 0 Å². The van der Waals surface area contributed by atoms with Gasteiger partial charge in [0.2, 0.25) is 5.95 Å². The summed E-state index contributed by atoms with van der Waals surface area (Å²) in [5.41, 5.74) is 3.90. The van der Waals surface area contributed by atoms with E-state index in [4.69, 9.17) is 0 Å². The summed E-state index contributed by atoms with van der Waals surface area (Å²) in [6.07, 6.45) is 5.16. The summed E-state index contributed by atoms with van der Waals surface area (Å²) < 4.78 is 14.8. The molecule has 0 aliphatic heterocycles. The first-order valence-electron chi connectivity index (χ1n) is 5.30. The second-order valence-electron chi connectivity index (χ2n) is 3.94. The van der Waals surface area contributed by atoms with Gasteiger partial charge in [-0.05, 0) is 30.2 Å². The predicted octanol–water partition coefficient (Wildman–Crippen LogP) is 2.84. The van der Waals surface area contributed by atoms with Gasteiger partial charge in [-0.25, -0.2) is 9.50 Å². The van der Waals surface area contributed by atoms with Crippen molar-refractivity contribution in [1.29, 1.82) is 0 Å². The molecule has 3 aromatic rings. The summed E-state index contributed by atoms with van der Waals surface area (Å²) in [4.78, 5) is 3.54. The highest BCUT2D eigenvalue weighted by molar-refractivity contribution is 5.66. The molecule has 3 rings (SSSR count). The minimum absolute atomic E-state index is 0.473. The van der Waals surface area contributed by atoms with Gasteiger partial charge in [-0.15, -0.1) is 0 Å². The Kier molecular flexibility index (Phi) is 2.14. The SMILES string of the molecule is Cc1cnn2cc(-c3ccnc(F)c3)ccc12. The minimum Gasteiger partial charge on any atom is -0.240 e. The van der Waals surface area contributed by atoms with E-state index >= 15 is 0 Å². The zero-order valence-corrected chi connectivity index (χ0v) is 9.26. The van der Waals surface area contributed by atoms with Gasteiger partial charge < -0.3 is 0 Å². The highest BCUT2D eigenvalue weighted by Crippen LogP contribution is 2.20. The van der Waals surface area contributed by atoms with Crippen LogP contribution in [0.15, 0.2) is 42.9 Å². The van der Waals surface area contributed by atoms with Crippen molar-refractivity contribution in [2.24, 2.45) is 0 Å². The summed E-state index contributed by atoms with van der Waals surface area (Å²) in [7, 11) is 0. The van der Waals surface area contributed by atoms with Crippen molar-refractivity contribution in [1.82, 2.24) is 14.6 Å². The van der Waals surface area contributed by atoms with Crippen LogP contribution in [0.4, 0.5) is 4.39 Å². The van der Waals surface area contributed by atoms with Gasteiger partial charge in [0.05, 0.1) is 11.7 Å². The van der Waals surface area contributed by atoms with Crippen LogP contribution in [0.5, 0.6) is 0 Å². The molecule has 3 nitrogen and oxygen atoms in total. The van der Waals surface area contributed by atoms with E-state index in [1.807, 2.05) is 31.5 Å². The van der Waals surface area contributed by atoms with Crippen LogP contribution >= 0.6 is 0 Å². The van der Waals surface area contributed by atoms with Gasteiger partial charge in [-0.1, -0.05) is 6.07 Å². The van der Waals surface area contributed by atoms with Gasteiger partial charge in [-0.2, -0.15) is 9.49 Å². The molecular weight excluding hydrogens is 217 g/mol. The lowest BCUT2D eigenvalue weighted by molar-refractivity contribution is 0.584. The minimum atomic E-state index is -0.473. The molecule has 0 N–H and O–H groups in total. The van der Waals surface area contributed by atoms with Gasteiger partial charge in [0, 0.05) is 24.0 Å². The first kappa shape index (κ1) is 9.96. The molecule has 0 bridgehead atoms. The maximum Gasteiger partial charge on any atom is 0.213 e. The fourth-order valence-corrected chi connectivity index (χ4v) is 1.86. The Morgan fingerprint density at radius 3 is 2.88 bits per heavy atom. The monoisotopic (exact) mass is 227 g/mol. The molecular formula is C13H10FN3. The predicted molar refractivity (Wildman–Crippen MR) is 63.1 cm³/mol. The normalized spacial score (nSPS) is 10.9. The molecule has 0 aliphatic rings. The van der Waals surface area contributed by atoms with E-state index in [0.717, 1.165) is 22.2 Å². The van der Waals surface area contributed by atoms with Gasteiger partial charge in [-0.3, -0.25) is 0 Å². The highest BCUT2D eigenvalue weighted by Gasteiger charge is 2.03. The molecule has 0 saturated carbocycles. The number of hydrogen-bond acceptors (Lipinski definition) is 2. The summed E-state index contributed by atoms with van der Waals surface area (Å²) in [5, 5.41) is 4.23. The molecule has 3 heterocycles. The number of pyridine rings is 2. The van der Waals surface area contributed by atoms with Crippen molar-refractivity contribution >= 4 is 5.52 Å². The summed E-state index contributed by atoms with van der Waals surface area (Å²) >= 11 is 0. The maximum atomic E-state index is 13.0. The number of hydrogen-bond donors (Lipinski definition) is 0. The van der Waals surface area contributed by atoms with E-state index in [1.54, 1.807) is 10.6 Å². The number of halogens is 1. The molecule has 0 saturated heterocycles. The summed E-state index contributed by atoms with van der Waals surface area (Å²) in [6, 6.07) is 7.13. The van der Waals surface area contributed by atoms with Crippen molar-refractivity contribution in [3.63, 3.8) is 0 Å². The summed E-state index contributed by atoms with van der Waals surface area (Å²) in [5.74, 6) is -0.473. The average Bonchev–Trinajstić information content (AvgIpc) is 2.71. The topological polar surface area (TPSA) is 30.2 Å². The van der Waals surface area contributed by atoms with Crippen LogP contribution in [0.3, 0.4) is 0 Å². The van der Waals surface area contributed by atoms with E-state index in [0.29, 0.717) is 0 Å². The molecule has 0 fully saturated rings. The molecule has 0 unspecified atom stereocenters. The molecule has 3 aromatic heterocycles. The third-order valence-corrected chi connectivity index (χ3v) is 2.77. The third kappa shape index (κ3) is 1.67. The Bertz CT molecular complexity index is 688. The quantitative estimate of drug-likeness (QED) is 0.598. The fourth-order valence-electron chi connectivity index (χ4n) is 1.86. The smallest absolute Gasteiger partial charge is 0.213 e. The third-order valence-electron chi connectivity index (χ3n) is 2.77. The van der Waals surface area contributed by atoms with Gasteiger partial charge in [0.15, 0.2) is 0 Å². The molecule has 0 aromatic carbocycles. The van der Waals surface area contributed by atoms with Gasteiger partial charge >= 0.3 is 0 Å². The van der Waals surface area contributed by atoms with Crippen LogP contribution in [0.2, 0.25) is 0 Å². The van der Waals surface area contributed by atoms with E-state index < -0.39 is 5.95 Å². The van der Waals surface area contributed by atoms with Crippen LogP contribution in [0, 0.1) is 12.9 Å². The number of fused-ring (bicyclic) bond motifs is 1. The lowest BCUT2D eigenvalue weighted by Crippen LogP contribution is -1.89. The number of nitrogens with zero attached hydrogens (tertiary/aromatic N) is 3. The van der Waals surface area contributed by atoms with Crippen LogP contribution in [0.1, 0.15) is 5.56 Å². The van der Waals surface area contributed by atoms with E-state index in [1.165, 1.54) is 12.3 Å². The first-order valence-corrected chi connectivity index (χ1v) is 5.30. The van der Waals surface area contributed by atoms with Crippen LogP contribution in [0.25, 0.3) is 16.6 Å². The Morgan fingerprint density at radius 1 is 1.18 bits per heavy atom. The summed E-state index contributed by atoms with van der Waals surface area (Å²) in [6.45, 7) is 2.01. The van der Waals surface area contributed by atoms with E-state index in [9.17, 15) is 4.39 Å². The first-order chi connectivity index (χ1) is 8.24. The Labute approximate surface area is 97.5 Å². The van der Waals surface area contributed by atoms with Crippen LogP contribution in [-0.2, 0) is 0 Å². The Hall–Kier alpha value is -2.23. The van der Waals surface area contributed by atoms with Gasteiger partial charge in [0.1, 0.15) is 0 Å². The standard InChI is InChI=1S/C13H10FN3/c1-9-7-16-17-8-11(2-3-12(9)17)10-4-5-15-13(14)6-10/h2-8H,1H3. The average molecular weight is 227 g/mol. The van der Waals surface area contributed by atoms with Crippen LogP contribution in [-0.4, -0.2) is 14.6 Å². The molecule has 0 radical (unpaired) electrons. The highest BCUT2D eigenvalue weighted by atomic mass is 19.1. The zero-order chi connectivity index (χ0) is 11.8. The van der Waals surface area contributed by atoms with Crippen molar-refractivity contribution in [3.8, 4) is 11.1 Å². The number of aryl methyl sites for hydroxylation is 1. The second-order valence-corrected chi connectivity index (χ2v) is 3.94. The zero-order valence-electron chi connectivity index (χ0n) is 9.26. The number of rotatable bonds is 1. The molecule has 0 spiro atoms. The maximum absolute atomic E-state index is 13.0. The van der Waals surface area contributed by atoms with Crippen LogP contribution < -0.4 is 0 Å². The second kappa shape index (κ2) is 3.66. The van der Waals surface area contributed by atoms with Crippen molar-refractivity contribution in [2.45, 2.75) is 6.92 Å². The molecule has 4 heteroatoms. The van der Waals surface area contributed by atoms with E-state index in [-0.39, 0.29) is 0 Å².